The third-order valence-electron chi connectivity index (χ3n) is 2.26. The molecular formula is C11H9Br2ClN2S. The summed E-state index contributed by atoms with van der Waals surface area (Å²) in [5, 5.41) is 0. The zero-order valence-electron chi connectivity index (χ0n) is 8.58. The predicted octanol–water partition coefficient (Wildman–Crippen LogP) is 4.48. The number of nitrogens with two attached hydrogens (primary N) is 1. The smallest absolute Gasteiger partial charge is 0.0931 e. The maximum absolute atomic E-state index is 5.94. The minimum Gasteiger partial charge on any atom is -0.271 e. The maximum Gasteiger partial charge on any atom is 0.0931 e. The first-order valence-corrected chi connectivity index (χ1v) is 7.55. The Bertz CT molecular complexity index is 510. The summed E-state index contributed by atoms with van der Waals surface area (Å²) >= 11 is 14.4. The third kappa shape index (κ3) is 3.30. The monoisotopic (exact) mass is 394 g/mol. The molecule has 1 aromatic heterocycles. The van der Waals surface area contributed by atoms with E-state index in [-0.39, 0.29) is 6.04 Å². The number of halogens is 3. The van der Waals surface area contributed by atoms with Crippen molar-refractivity contribution < 1.29 is 0 Å². The fourth-order valence-electron chi connectivity index (χ4n) is 1.57. The second-order valence-electron chi connectivity index (χ2n) is 3.44. The highest BCUT2D eigenvalue weighted by Gasteiger charge is 2.15. The summed E-state index contributed by atoms with van der Waals surface area (Å²) in [5.41, 5.74) is 3.89. The fraction of sp³-hybridized carbons (Fsp3) is 0.0909. The first kappa shape index (κ1) is 13.5. The molecule has 1 aromatic carbocycles. The molecule has 6 heteroatoms. The predicted molar refractivity (Wildman–Crippen MR) is 80.3 cm³/mol. The summed E-state index contributed by atoms with van der Waals surface area (Å²) in [5.74, 6) is 5.63. The van der Waals surface area contributed by atoms with Gasteiger partial charge in [-0.2, -0.15) is 0 Å². The number of rotatable bonds is 3. The van der Waals surface area contributed by atoms with Crippen LogP contribution in [0.1, 0.15) is 16.5 Å². The topological polar surface area (TPSA) is 38.0 Å². The van der Waals surface area contributed by atoms with Crippen LogP contribution in [0.4, 0.5) is 0 Å². The van der Waals surface area contributed by atoms with Crippen LogP contribution in [-0.2, 0) is 0 Å². The van der Waals surface area contributed by atoms with Crippen molar-refractivity contribution in [3.05, 3.63) is 54.1 Å². The number of thiophene rings is 1. The molecule has 0 aliphatic rings. The van der Waals surface area contributed by atoms with Gasteiger partial charge in [-0.1, -0.05) is 43.5 Å². The Morgan fingerprint density at radius 3 is 2.29 bits per heavy atom. The molecule has 3 N–H and O–H groups in total. The van der Waals surface area contributed by atoms with E-state index in [0.717, 1.165) is 23.7 Å². The molecule has 1 heterocycles. The minimum absolute atomic E-state index is 0.0544. The van der Waals surface area contributed by atoms with Gasteiger partial charge >= 0.3 is 0 Å². The quantitative estimate of drug-likeness (QED) is 0.593. The van der Waals surface area contributed by atoms with Crippen molar-refractivity contribution in [1.82, 2.24) is 5.43 Å². The summed E-state index contributed by atoms with van der Waals surface area (Å²) in [4.78, 5) is 1.09. The van der Waals surface area contributed by atoms with Crippen LogP contribution in [-0.4, -0.2) is 0 Å². The van der Waals surface area contributed by atoms with Gasteiger partial charge in [0.2, 0.25) is 0 Å². The van der Waals surface area contributed by atoms with Crippen LogP contribution in [0, 0.1) is 0 Å². The molecule has 0 spiro atoms. The van der Waals surface area contributed by atoms with Gasteiger partial charge in [0.05, 0.1) is 10.4 Å². The highest BCUT2D eigenvalue weighted by molar-refractivity contribution is 9.11. The molecular weight excluding hydrogens is 387 g/mol. The Kier molecular flexibility index (Phi) is 4.63. The molecule has 0 amide bonds. The van der Waals surface area contributed by atoms with Crippen molar-refractivity contribution >= 4 is 54.8 Å². The van der Waals surface area contributed by atoms with E-state index in [1.54, 1.807) is 0 Å². The summed E-state index contributed by atoms with van der Waals surface area (Å²) in [6, 6.07) is 9.84. The molecule has 2 aromatic rings. The SMILES string of the molecule is NNC(c1cc(Br)cc(Br)c1)c1ccc(Cl)s1. The van der Waals surface area contributed by atoms with Crippen LogP contribution in [0.5, 0.6) is 0 Å². The molecule has 17 heavy (non-hydrogen) atoms. The molecule has 2 rings (SSSR count). The highest BCUT2D eigenvalue weighted by Crippen LogP contribution is 2.33. The Hall–Kier alpha value is 0.0900. The number of benzene rings is 1. The zero-order valence-corrected chi connectivity index (χ0v) is 13.3. The molecule has 1 atom stereocenters. The Morgan fingerprint density at radius 2 is 1.82 bits per heavy atom. The van der Waals surface area contributed by atoms with Gasteiger partial charge in [-0.3, -0.25) is 5.84 Å². The Labute approximate surface area is 125 Å². The van der Waals surface area contributed by atoms with Crippen molar-refractivity contribution in [3.8, 4) is 0 Å². The highest BCUT2D eigenvalue weighted by atomic mass is 79.9. The lowest BCUT2D eigenvalue weighted by Crippen LogP contribution is -2.28. The second kappa shape index (κ2) is 5.82. The van der Waals surface area contributed by atoms with Gasteiger partial charge in [0.25, 0.3) is 0 Å². The zero-order chi connectivity index (χ0) is 12.4. The van der Waals surface area contributed by atoms with Crippen LogP contribution in [0.25, 0.3) is 0 Å². The van der Waals surface area contributed by atoms with E-state index >= 15 is 0 Å². The van der Waals surface area contributed by atoms with Crippen molar-refractivity contribution in [3.63, 3.8) is 0 Å². The summed E-state index contributed by atoms with van der Waals surface area (Å²) in [6.45, 7) is 0. The van der Waals surface area contributed by atoms with Gasteiger partial charge < -0.3 is 0 Å². The third-order valence-corrected chi connectivity index (χ3v) is 4.48. The summed E-state index contributed by atoms with van der Waals surface area (Å²) < 4.78 is 2.77. The summed E-state index contributed by atoms with van der Waals surface area (Å²) in [6.07, 6.45) is 0. The van der Waals surface area contributed by atoms with Gasteiger partial charge in [-0.15, -0.1) is 11.3 Å². The van der Waals surface area contributed by atoms with Gasteiger partial charge in [0, 0.05) is 13.8 Å². The molecule has 0 aliphatic carbocycles. The van der Waals surface area contributed by atoms with E-state index in [2.05, 4.69) is 37.3 Å². The molecule has 1 unspecified atom stereocenters. The number of hydrazine groups is 1. The molecule has 0 radical (unpaired) electrons. The summed E-state index contributed by atoms with van der Waals surface area (Å²) in [7, 11) is 0. The van der Waals surface area contributed by atoms with Crippen LogP contribution in [0.15, 0.2) is 39.3 Å². The maximum atomic E-state index is 5.94. The molecule has 0 aliphatic heterocycles. The molecule has 90 valence electrons. The van der Waals surface area contributed by atoms with Crippen molar-refractivity contribution in [2.45, 2.75) is 6.04 Å². The lowest BCUT2D eigenvalue weighted by Gasteiger charge is -2.15. The molecule has 0 saturated carbocycles. The van der Waals surface area contributed by atoms with Crippen molar-refractivity contribution in [2.75, 3.05) is 0 Å². The van der Waals surface area contributed by atoms with E-state index in [0.29, 0.717) is 0 Å². The number of hydrogen-bond acceptors (Lipinski definition) is 3. The van der Waals surface area contributed by atoms with E-state index in [9.17, 15) is 0 Å². The average molecular weight is 397 g/mol. The van der Waals surface area contributed by atoms with E-state index in [4.69, 9.17) is 17.4 Å². The molecule has 2 nitrogen and oxygen atoms in total. The van der Waals surface area contributed by atoms with Gasteiger partial charge in [0.1, 0.15) is 0 Å². The molecule has 0 fully saturated rings. The van der Waals surface area contributed by atoms with E-state index in [1.165, 1.54) is 11.3 Å². The van der Waals surface area contributed by atoms with E-state index in [1.807, 2.05) is 30.3 Å². The Morgan fingerprint density at radius 1 is 1.18 bits per heavy atom. The van der Waals surface area contributed by atoms with Crippen LogP contribution in [0.2, 0.25) is 4.34 Å². The minimum atomic E-state index is -0.0544. The first-order chi connectivity index (χ1) is 8.10. The second-order valence-corrected chi connectivity index (χ2v) is 7.02. The Balaban J connectivity index is 2.41. The standard InChI is InChI=1S/C11H9Br2ClN2S/c12-7-3-6(4-8(13)5-7)11(16-15)9-1-2-10(14)17-9/h1-5,11,16H,15H2. The van der Waals surface area contributed by atoms with E-state index < -0.39 is 0 Å². The molecule has 0 saturated heterocycles. The number of nitrogens with one attached hydrogen (secondary N) is 1. The van der Waals surface area contributed by atoms with Gasteiger partial charge in [-0.05, 0) is 35.9 Å². The normalized spacial score (nSPS) is 12.7. The average Bonchev–Trinajstić information content (AvgIpc) is 2.64. The van der Waals surface area contributed by atoms with Gasteiger partial charge in [-0.25, -0.2) is 5.43 Å². The van der Waals surface area contributed by atoms with Crippen LogP contribution >= 0.6 is 54.8 Å². The van der Waals surface area contributed by atoms with Gasteiger partial charge in [0.15, 0.2) is 0 Å². The lowest BCUT2D eigenvalue weighted by atomic mass is 10.1. The molecule has 0 bridgehead atoms. The number of hydrogen-bond donors (Lipinski definition) is 2. The van der Waals surface area contributed by atoms with Crippen molar-refractivity contribution in [2.24, 2.45) is 5.84 Å². The largest absolute Gasteiger partial charge is 0.271 e. The first-order valence-electron chi connectivity index (χ1n) is 4.77. The van der Waals surface area contributed by atoms with Crippen LogP contribution < -0.4 is 11.3 Å². The van der Waals surface area contributed by atoms with Crippen LogP contribution in [0.3, 0.4) is 0 Å². The fourth-order valence-corrected chi connectivity index (χ4v) is 4.05. The van der Waals surface area contributed by atoms with Crippen molar-refractivity contribution in [1.29, 1.82) is 0 Å². The lowest BCUT2D eigenvalue weighted by molar-refractivity contribution is 0.646.